The molecule has 0 fully saturated rings. The number of amides is 1. The number of benzene rings is 1. The van der Waals surface area contributed by atoms with Gasteiger partial charge in [0.25, 0.3) is 0 Å². The van der Waals surface area contributed by atoms with Crippen molar-refractivity contribution in [3.05, 3.63) is 29.8 Å². The number of Topliss-reactive ketones (excluding diaryl/α,β-unsaturated/α-hetero) is 1. The molecule has 1 N–H and O–H groups in total. The Morgan fingerprint density at radius 1 is 1.17 bits per heavy atom. The third-order valence-corrected chi connectivity index (χ3v) is 2.67. The lowest BCUT2D eigenvalue weighted by Gasteiger charge is -2.17. The molecule has 1 atom stereocenters. The molecular weight excluding hydrogens is 250 g/mol. The Hall–Kier alpha value is -1.35. The summed E-state index contributed by atoms with van der Waals surface area (Å²) in [7, 11) is 0. The van der Waals surface area contributed by atoms with Crippen molar-refractivity contribution in [2.45, 2.75) is 33.1 Å². The summed E-state index contributed by atoms with van der Waals surface area (Å²) in [6.07, 6.45) is 0. The zero-order valence-corrected chi connectivity index (χ0v) is 11.8. The highest BCUT2D eigenvalue weighted by molar-refractivity contribution is 6.33. The van der Waals surface area contributed by atoms with E-state index in [0.717, 1.165) is 0 Å². The Morgan fingerprint density at radius 3 is 2.06 bits per heavy atom. The van der Waals surface area contributed by atoms with Crippen molar-refractivity contribution in [2.75, 3.05) is 5.32 Å². The van der Waals surface area contributed by atoms with Crippen LogP contribution in [0, 0.1) is 5.41 Å². The minimum atomic E-state index is -0.542. The van der Waals surface area contributed by atoms with Crippen LogP contribution in [0.15, 0.2) is 24.3 Å². The van der Waals surface area contributed by atoms with E-state index in [2.05, 4.69) is 5.32 Å². The van der Waals surface area contributed by atoms with Crippen LogP contribution in [0.3, 0.4) is 0 Å². The van der Waals surface area contributed by atoms with Gasteiger partial charge in [-0.3, -0.25) is 9.59 Å². The quantitative estimate of drug-likeness (QED) is 0.673. The molecule has 3 nitrogen and oxygen atoms in total. The molecule has 0 radical (unpaired) electrons. The number of nitrogens with one attached hydrogen (secondary N) is 1. The molecule has 1 aromatic carbocycles. The summed E-state index contributed by atoms with van der Waals surface area (Å²) in [4.78, 5) is 23.4. The summed E-state index contributed by atoms with van der Waals surface area (Å²) < 4.78 is 0. The van der Waals surface area contributed by atoms with Crippen LogP contribution in [0.25, 0.3) is 0 Å². The number of alkyl halides is 1. The normalized spacial score (nSPS) is 12.9. The number of hydrogen-bond acceptors (Lipinski definition) is 2. The van der Waals surface area contributed by atoms with Crippen molar-refractivity contribution in [1.29, 1.82) is 0 Å². The third kappa shape index (κ3) is 3.84. The molecule has 0 spiro atoms. The van der Waals surface area contributed by atoms with Gasteiger partial charge >= 0.3 is 0 Å². The molecule has 1 aromatic rings. The number of carbonyl (C=O) groups is 2. The monoisotopic (exact) mass is 267 g/mol. The summed E-state index contributed by atoms with van der Waals surface area (Å²) in [5, 5.41) is 2.25. The molecule has 0 aliphatic carbocycles. The molecule has 0 heterocycles. The van der Waals surface area contributed by atoms with Gasteiger partial charge in [0.2, 0.25) is 5.91 Å². The van der Waals surface area contributed by atoms with Crippen molar-refractivity contribution in [3.8, 4) is 0 Å². The van der Waals surface area contributed by atoms with E-state index in [0.29, 0.717) is 11.3 Å². The average Bonchev–Trinajstić information content (AvgIpc) is 2.27. The van der Waals surface area contributed by atoms with Crippen LogP contribution >= 0.6 is 11.6 Å². The Balaban J connectivity index is 2.78. The Morgan fingerprint density at radius 2 is 1.67 bits per heavy atom. The lowest BCUT2D eigenvalue weighted by molar-refractivity contribution is -0.123. The molecule has 0 aromatic heterocycles. The highest BCUT2D eigenvalue weighted by atomic mass is 35.5. The number of hydrogen-bond donors (Lipinski definition) is 1. The summed E-state index contributed by atoms with van der Waals surface area (Å²) in [5.74, 6) is -0.183. The fraction of sp³-hybridized carbons (Fsp3) is 0.429. The van der Waals surface area contributed by atoms with Crippen LogP contribution in [0.4, 0.5) is 5.69 Å². The van der Waals surface area contributed by atoms with Gasteiger partial charge in [-0.25, -0.2) is 0 Å². The van der Waals surface area contributed by atoms with Crippen molar-refractivity contribution < 1.29 is 9.59 Å². The first-order valence-corrected chi connectivity index (χ1v) is 6.25. The van der Waals surface area contributed by atoms with Crippen LogP contribution in [0.5, 0.6) is 0 Å². The van der Waals surface area contributed by atoms with Gasteiger partial charge in [0.15, 0.2) is 5.78 Å². The molecule has 0 aliphatic rings. The molecule has 98 valence electrons. The van der Waals surface area contributed by atoms with Gasteiger partial charge in [0.05, 0.1) is 5.38 Å². The molecule has 1 rings (SSSR count). The zero-order valence-electron chi connectivity index (χ0n) is 11.1. The minimum Gasteiger partial charge on any atom is -0.326 e. The predicted octanol–water partition coefficient (Wildman–Crippen LogP) is 3.48. The maximum atomic E-state index is 11.8. The molecule has 1 amide bonds. The second-order valence-electron chi connectivity index (χ2n) is 5.26. The van der Waals surface area contributed by atoms with E-state index in [1.807, 2.05) is 20.8 Å². The third-order valence-electron chi connectivity index (χ3n) is 2.47. The molecular formula is C14H18ClNO2. The SMILES string of the molecule is C[C@@H](Cl)C(=O)c1ccc(NC(=O)C(C)(C)C)cc1. The summed E-state index contributed by atoms with van der Waals surface area (Å²) in [5.41, 5.74) is 0.777. The molecule has 4 heteroatoms. The molecule has 0 unspecified atom stereocenters. The Labute approximate surface area is 113 Å². The van der Waals surface area contributed by atoms with Gasteiger partial charge < -0.3 is 5.32 Å². The smallest absolute Gasteiger partial charge is 0.229 e. The van der Waals surface area contributed by atoms with E-state index in [1.165, 1.54) is 0 Å². The standard InChI is InChI=1S/C14H18ClNO2/c1-9(15)12(17)10-5-7-11(8-6-10)16-13(18)14(2,3)4/h5-9H,1-4H3,(H,16,18)/t9-/m1/s1. The molecule has 18 heavy (non-hydrogen) atoms. The van der Waals surface area contributed by atoms with Crippen molar-refractivity contribution in [1.82, 2.24) is 0 Å². The van der Waals surface area contributed by atoms with Crippen molar-refractivity contribution >= 4 is 29.0 Å². The lowest BCUT2D eigenvalue weighted by atomic mass is 9.95. The van der Waals surface area contributed by atoms with Gasteiger partial charge in [-0.05, 0) is 31.2 Å². The Kier molecular flexibility index (Phi) is 4.52. The van der Waals surface area contributed by atoms with Gasteiger partial charge in [0.1, 0.15) is 0 Å². The van der Waals surface area contributed by atoms with Gasteiger partial charge in [-0.15, -0.1) is 11.6 Å². The van der Waals surface area contributed by atoms with Crippen molar-refractivity contribution in [3.63, 3.8) is 0 Å². The summed E-state index contributed by atoms with van der Waals surface area (Å²) in [6, 6.07) is 6.74. The van der Waals surface area contributed by atoms with E-state index < -0.39 is 10.8 Å². The minimum absolute atomic E-state index is 0.0627. The Bertz CT molecular complexity index is 444. The van der Waals surface area contributed by atoms with Gasteiger partial charge in [-0.1, -0.05) is 20.8 Å². The van der Waals surface area contributed by atoms with Crippen LogP contribution in [-0.2, 0) is 4.79 Å². The first kappa shape index (κ1) is 14.7. The van der Waals surface area contributed by atoms with Gasteiger partial charge in [0, 0.05) is 16.7 Å². The second kappa shape index (κ2) is 5.53. The first-order chi connectivity index (χ1) is 8.21. The first-order valence-electron chi connectivity index (χ1n) is 5.81. The lowest BCUT2D eigenvalue weighted by Crippen LogP contribution is -2.27. The fourth-order valence-electron chi connectivity index (χ4n) is 1.27. The highest BCUT2D eigenvalue weighted by Crippen LogP contribution is 2.18. The number of halogens is 1. The van der Waals surface area contributed by atoms with E-state index in [4.69, 9.17) is 11.6 Å². The summed E-state index contributed by atoms with van der Waals surface area (Å²) in [6.45, 7) is 7.17. The van der Waals surface area contributed by atoms with E-state index in [1.54, 1.807) is 31.2 Å². The van der Waals surface area contributed by atoms with E-state index in [9.17, 15) is 9.59 Å². The maximum Gasteiger partial charge on any atom is 0.229 e. The van der Waals surface area contributed by atoms with E-state index in [-0.39, 0.29) is 11.7 Å². The molecule has 0 saturated carbocycles. The van der Waals surface area contributed by atoms with Crippen molar-refractivity contribution in [2.24, 2.45) is 5.41 Å². The van der Waals surface area contributed by atoms with Crippen LogP contribution in [0.1, 0.15) is 38.1 Å². The second-order valence-corrected chi connectivity index (χ2v) is 5.92. The molecule has 0 saturated heterocycles. The molecule has 0 bridgehead atoms. The number of ketones is 1. The highest BCUT2D eigenvalue weighted by Gasteiger charge is 2.21. The van der Waals surface area contributed by atoms with E-state index >= 15 is 0 Å². The number of anilines is 1. The zero-order chi connectivity index (χ0) is 13.9. The molecule has 0 aliphatic heterocycles. The topological polar surface area (TPSA) is 46.2 Å². The number of rotatable bonds is 3. The number of carbonyl (C=O) groups excluding carboxylic acids is 2. The summed E-state index contributed by atoms with van der Waals surface area (Å²) >= 11 is 5.73. The maximum absolute atomic E-state index is 11.8. The largest absolute Gasteiger partial charge is 0.326 e. The van der Waals surface area contributed by atoms with Crippen LogP contribution in [0.2, 0.25) is 0 Å². The predicted molar refractivity (Wildman–Crippen MR) is 74.2 cm³/mol. The van der Waals surface area contributed by atoms with Crippen LogP contribution in [-0.4, -0.2) is 17.1 Å². The van der Waals surface area contributed by atoms with Gasteiger partial charge in [-0.2, -0.15) is 0 Å². The fourth-order valence-corrected chi connectivity index (χ4v) is 1.39. The van der Waals surface area contributed by atoms with Crippen LogP contribution < -0.4 is 5.32 Å². The average molecular weight is 268 g/mol.